The number of carbonyl (C=O) groups excluding carboxylic acids is 1. The summed E-state index contributed by atoms with van der Waals surface area (Å²) in [7, 11) is 0. The Morgan fingerprint density at radius 1 is 1.14 bits per heavy atom. The Morgan fingerprint density at radius 3 is 2.66 bits per heavy atom. The number of hydrogen-bond donors (Lipinski definition) is 2. The highest BCUT2D eigenvalue weighted by molar-refractivity contribution is 5.93. The molecule has 0 spiro atoms. The normalized spacial score (nSPS) is 17.9. The Morgan fingerprint density at radius 2 is 1.90 bits per heavy atom. The van der Waals surface area contributed by atoms with Gasteiger partial charge in [-0.15, -0.1) is 0 Å². The molecule has 2 aliphatic rings. The third-order valence-electron chi connectivity index (χ3n) is 5.09. The minimum atomic E-state index is -2.61. The topological polar surface area (TPSA) is 83.7 Å². The predicted molar refractivity (Wildman–Crippen MR) is 100 cm³/mol. The molecule has 9 heteroatoms. The summed E-state index contributed by atoms with van der Waals surface area (Å²) in [6.45, 7) is 1.31. The zero-order valence-corrected chi connectivity index (χ0v) is 15.7. The van der Waals surface area contributed by atoms with Gasteiger partial charge in [0.1, 0.15) is 5.56 Å². The van der Waals surface area contributed by atoms with Gasteiger partial charge in [0.25, 0.3) is 17.4 Å². The average molecular weight is 405 g/mol. The SMILES string of the molecule is O=C(NCc1ccc2c(c1)OCO2)c1ccc(CN2CCC(F)(F)CC2)[nH]c1=O. The Labute approximate surface area is 165 Å². The van der Waals surface area contributed by atoms with Crippen molar-refractivity contribution in [3.05, 3.63) is 57.5 Å². The third-order valence-corrected chi connectivity index (χ3v) is 5.09. The molecule has 2 aliphatic heterocycles. The molecule has 0 radical (unpaired) electrons. The number of hydrogen-bond acceptors (Lipinski definition) is 5. The van der Waals surface area contributed by atoms with Crippen LogP contribution in [0.15, 0.2) is 35.1 Å². The molecule has 7 nitrogen and oxygen atoms in total. The minimum absolute atomic E-state index is 0.000305. The average Bonchev–Trinajstić information content (AvgIpc) is 3.16. The number of carbonyl (C=O) groups is 1. The second kappa shape index (κ2) is 7.82. The molecule has 1 aromatic heterocycles. The first-order valence-corrected chi connectivity index (χ1v) is 9.39. The van der Waals surface area contributed by atoms with Crippen molar-refractivity contribution in [2.24, 2.45) is 0 Å². The van der Waals surface area contributed by atoms with E-state index in [9.17, 15) is 18.4 Å². The van der Waals surface area contributed by atoms with Gasteiger partial charge in [-0.05, 0) is 29.8 Å². The molecule has 0 bridgehead atoms. The lowest BCUT2D eigenvalue weighted by Gasteiger charge is -2.31. The van der Waals surface area contributed by atoms with Crippen molar-refractivity contribution in [2.45, 2.75) is 31.9 Å². The highest BCUT2D eigenvalue weighted by atomic mass is 19.3. The second-order valence-corrected chi connectivity index (χ2v) is 7.23. The standard InChI is InChI=1S/C20H21F2N3O4/c21-20(22)5-7-25(8-6-20)11-14-2-3-15(19(27)24-14)18(26)23-10-13-1-4-16-17(9-13)29-12-28-16/h1-4,9H,5-8,10-12H2,(H,23,26)(H,24,27). The summed E-state index contributed by atoms with van der Waals surface area (Å²) in [6, 6.07) is 8.45. The molecule has 2 aromatic rings. The Balaban J connectivity index is 1.35. The summed E-state index contributed by atoms with van der Waals surface area (Å²) < 4.78 is 37.0. The van der Waals surface area contributed by atoms with E-state index in [1.54, 1.807) is 18.2 Å². The number of aromatic nitrogens is 1. The van der Waals surface area contributed by atoms with Gasteiger partial charge in [-0.2, -0.15) is 0 Å². The van der Waals surface area contributed by atoms with E-state index in [-0.39, 0.29) is 44.8 Å². The zero-order valence-electron chi connectivity index (χ0n) is 15.7. The largest absolute Gasteiger partial charge is 0.454 e. The van der Waals surface area contributed by atoms with E-state index in [1.807, 2.05) is 11.0 Å². The molecule has 0 saturated carbocycles. The first-order valence-electron chi connectivity index (χ1n) is 9.39. The number of halogens is 2. The van der Waals surface area contributed by atoms with Crippen LogP contribution in [-0.2, 0) is 13.1 Å². The molecule has 0 aliphatic carbocycles. The number of fused-ring (bicyclic) bond motifs is 1. The van der Waals surface area contributed by atoms with Crippen molar-refractivity contribution in [3.8, 4) is 11.5 Å². The molecule has 1 amide bonds. The number of ether oxygens (including phenoxy) is 2. The van der Waals surface area contributed by atoms with Gasteiger partial charge in [-0.3, -0.25) is 14.5 Å². The number of pyridine rings is 1. The van der Waals surface area contributed by atoms with E-state index in [4.69, 9.17) is 9.47 Å². The van der Waals surface area contributed by atoms with Crippen molar-refractivity contribution in [1.29, 1.82) is 0 Å². The molecule has 2 N–H and O–H groups in total. The molecule has 154 valence electrons. The number of amides is 1. The quantitative estimate of drug-likeness (QED) is 0.797. The predicted octanol–water partition coefficient (Wildman–Crippen LogP) is 2.26. The van der Waals surface area contributed by atoms with Crippen LogP contribution in [0.4, 0.5) is 8.78 Å². The number of nitrogens with zero attached hydrogens (tertiary/aromatic N) is 1. The van der Waals surface area contributed by atoms with Gasteiger partial charge in [0.15, 0.2) is 11.5 Å². The summed E-state index contributed by atoms with van der Waals surface area (Å²) in [5.41, 5.74) is 0.901. The van der Waals surface area contributed by atoms with Crippen molar-refractivity contribution >= 4 is 5.91 Å². The van der Waals surface area contributed by atoms with Crippen molar-refractivity contribution in [1.82, 2.24) is 15.2 Å². The lowest BCUT2D eigenvalue weighted by Crippen LogP contribution is -2.39. The van der Waals surface area contributed by atoms with Gasteiger partial charge in [0.05, 0.1) is 0 Å². The molecule has 0 unspecified atom stereocenters. The first kappa shape index (κ1) is 19.4. The Bertz CT molecular complexity index is 966. The van der Waals surface area contributed by atoms with Crippen LogP contribution < -0.4 is 20.3 Å². The molecule has 1 aromatic carbocycles. The van der Waals surface area contributed by atoms with Crippen LogP contribution in [0.3, 0.4) is 0 Å². The highest BCUT2D eigenvalue weighted by Crippen LogP contribution is 2.32. The van der Waals surface area contributed by atoms with Gasteiger partial charge in [0, 0.05) is 44.7 Å². The first-order chi connectivity index (χ1) is 13.9. The molecular formula is C20H21F2N3O4. The van der Waals surface area contributed by atoms with Gasteiger partial charge in [-0.25, -0.2) is 8.78 Å². The van der Waals surface area contributed by atoms with Crippen LogP contribution >= 0.6 is 0 Å². The number of alkyl halides is 2. The number of benzene rings is 1. The Hall–Kier alpha value is -2.94. The van der Waals surface area contributed by atoms with Crippen molar-refractivity contribution < 1.29 is 23.0 Å². The maximum atomic E-state index is 13.2. The van der Waals surface area contributed by atoms with Crippen LogP contribution in [0.2, 0.25) is 0 Å². The number of aromatic amines is 1. The van der Waals surface area contributed by atoms with E-state index < -0.39 is 17.4 Å². The van der Waals surface area contributed by atoms with Crippen molar-refractivity contribution in [3.63, 3.8) is 0 Å². The van der Waals surface area contributed by atoms with Gasteiger partial charge in [0.2, 0.25) is 6.79 Å². The number of piperidine rings is 1. The molecule has 3 heterocycles. The lowest BCUT2D eigenvalue weighted by atomic mass is 10.1. The lowest BCUT2D eigenvalue weighted by molar-refractivity contribution is -0.0568. The molecule has 4 rings (SSSR count). The summed E-state index contributed by atoms with van der Waals surface area (Å²) >= 11 is 0. The van der Waals surface area contributed by atoms with E-state index in [1.165, 1.54) is 6.07 Å². The fourth-order valence-corrected chi connectivity index (χ4v) is 3.39. The molecule has 1 fully saturated rings. The maximum absolute atomic E-state index is 13.2. The monoisotopic (exact) mass is 405 g/mol. The van der Waals surface area contributed by atoms with Crippen LogP contribution in [0.5, 0.6) is 11.5 Å². The number of rotatable bonds is 5. The molecular weight excluding hydrogens is 384 g/mol. The van der Waals surface area contributed by atoms with Crippen LogP contribution in [0.25, 0.3) is 0 Å². The fourth-order valence-electron chi connectivity index (χ4n) is 3.39. The van der Waals surface area contributed by atoms with E-state index in [0.717, 1.165) is 5.56 Å². The fraction of sp³-hybridized carbons (Fsp3) is 0.400. The number of likely N-dealkylation sites (tertiary alicyclic amines) is 1. The van der Waals surface area contributed by atoms with Crippen molar-refractivity contribution in [2.75, 3.05) is 19.9 Å². The van der Waals surface area contributed by atoms with E-state index >= 15 is 0 Å². The van der Waals surface area contributed by atoms with E-state index in [0.29, 0.717) is 23.7 Å². The zero-order chi connectivity index (χ0) is 20.4. The Kier molecular flexibility index (Phi) is 5.23. The van der Waals surface area contributed by atoms with E-state index in [2.05, 4.69) is 10.3 Å². The summed E-state index contributed by atoms with van der Waals surface area (Å²) in [4.78, 5) is 29.2. The second-order valence-electron chi connectivity index (χ2n) is 7.23. The van der Waals surface area contributed by atoms with Gasteiger partial charge >= 0.3 is 0 Å². The molecule has 29 heavy (non-hydrogen) atoms. The summed E-state index contributed by atoms with van der Waals surface area (Å²) in [5, 5.41) is 2.71. The molecule has 0 atom stereocenters. The summed E-state index contributed by atoms with van der Waals surface area (Å²) in [5.74, 6) is -1.82. The summed E-state index contributed by atoms with van der Waals surface area (Å²) in [6.07, 6.45) is -0.366. The van der Waals surface area contributed by atoms with Crippen LogP contribution in [0.1, 0.15) is 34.5 Å². The number of nitrogens with one attached hydrogen (secondary N) is 2. The smallest absolute Gasteiger partial charge is 0.261 e. The van der Waals surface area contributed by atoms with Crippen LogP contribution in [0, 0.1) is 0 Å². The number of H-pyrrole nitrogens is 1. The van der Waals surface area contributed by atoms with Gasteiger partial charge in [-0.1, -0.05) is 6.07 Å². The molecule has 1 saturated heterocycles. The highest BCUT2D eigenvalue weighted by Gasteiger charge is 2.33. The minimum Gasteiger partial charge on any atom is -0.454 e. The van der Waals surface area contributed by atoms with Crippen LogP contribution in [-0.4, -0.2) is 41.6 Å². The van der Waals surface area contributed by atoms with Gasteiger partial charge < -0.3 is 19.8 Å². The maximum Gasteiger partial charge on any atom is 0.261 e. The third kappa shape index (κ3) is 4.56.